The maximum absolute atomic E-state index is 8.68. The van der Waals surface area contributed by atoms with E-state index < -0.39 is 18.4 Å². The Morgan fingerprint density at radius 2 is 1.40 bits per heavy atom. The van der Waals surface area contributed by atoms with Crippen LogP contribution in [0.4, 0.5) is 0 Å². The molecule has 2 unspecified atom stereocenters. The minimum Gasteiger partial charge on any atom is -0.340 e. The minimum atomic E-state index is -0.920. The fourth-order valence-corrected chi connectivity index (χ4v) is 1.62. The molecular formula is C9H10N2O4. The predicted molar refractivity (Wildman–Crippen MR) is 44.8 cm³/mol. The smallest absolute Gasteiger partial charge is 0.250 e. The number of nitrogens with zero attached hydrogens (tertiary/aromatic N) is 2. The summed E-state index contributed by atoms with van der Waals surface area (Å²) in [4.78, 5) is 0. The van der Waals surface area contributed by atoms with Crippen LogP contribution in [-0.2, 0) is 18.9 Å². The highest BCUT2D eigenvalue weighted by molar-refractivity contribution is 4.89. The number of nitriles is 2. The van der Waals surface area contributed by atoms with E-state index in [1.165, 1.54) is 0 Å². The first-order valence-electron chi connectivity index (χ1n) is 4.66. The first-order valence-corrected chi connectivity index (χ1v) is 4.66. The summed E-state index contributed by atoms with van der Waals surface area (Å²) in [6.07, 6.45) is -0.827. The largest absolute Gasteiger partial charge is 0.340 e. The molecule has 0 saturated carbocycles. The van der Waals surface area contributed by atoms with Gasteiger partial charge < -0.3 is 18.9 Å². The average molecular weight is 210 g/mol. The van der Waals surface area contributed by atoms with Crippen LogP contribution in [0.25, 0.3) is 0 Å². The fraction of sp³-hybridized carbons (Fsp3) is 0.778. The van der Waals surface area contributed by atoms with Gasteiger partial charge in [-0.25, -0.2) is 0 Å². The van der Waals surface area contributed by atoms with Gasteiger partial charge in [0.1, 0.15) is 12.1 Å². The van der Waals surface area contributed by atoms with Gasteiger partial charge in [0.2, 0.25) is 0 Å². The molecule has 0 bridgehead atoms. The fourth-order valence-electron chi connectivity index (χ4n) is 1.62. The molecule has 0 aromatic heterocycles. The van der Waals surface area contributed by atoms with Gasteiger partial charge in [-0.1, -0.05) is 0 Å². The van der Waals surface area contributed by atoms with E-state index in [0.29, 0.717) is 26.1 Å². The van der Waals surface area contributed by atoms with Gasteiger partial charge in [0.25, 0.3) is 12.6 Å². The van der Waals surface area contributed by atoms with E-state index in [0.717, 1.165) is 0 Å². The van der Waals surface area contributed by atoms with Crippen LogP contribution in [0.2, 0.25) is 0 Å². The van der Waals surface area contributed by atoms with Gasteiger partial charge in [-0.2, -0.15) is 10.5 Å². The van der Waals surface area contributed by atoms with Gasteiger partial charge in [-0.15, -0.1) is 0 Å². The molecule has 2 saturated heterocycles. The van der Waals surface area contributed by atoms with E-state index >= 15 is 0 Å². The lowest BCUT2D eigenvalue weighted by Crippen LogP contribution is -2.51. The van der Waals surface area contributed by atoms with Gasteiger partial charge in [-0.3, -0.25) is 0 Å². The van der Waals surface area contributed by atoms with E-state index in [1.54, 1.807) is 0 Å². The summed E-state index contributed by atoms with van der Waals surface area (Å²) in [5.41, 5.74) is 0. The van der Waals surface area contributed by atoms with Gasteiger partial charge >= 0.3 is 0 Å². The van der Waals surface area contributed by atoms with Gasteiger partial charge in [-0.05, 0) is 0 Å². The molecule has 2 aliphatic rings. The Balaban J connectivity index is 2.06. The zero-order chi connectivity index (χ0) is 10.7. The predicted octanol–water partition coefficient (Wildman–Crippen LogP) is 0.256. The molecule has 0 N–H and O–H groups in total. The summed E-state index contributed by atoms with van der Waals surface area (Å²) in [5, 5.41) is 17.4. The van der Waals surface area contributed by atoms with Crippen LogP contribution in [0, 0.1) is 22.7 Å². The minimum absolute atomic E-state index is 0.385. The molecule has 2 heterocycles. The van der Waals surface area contributed by atoms with Crippen molar-refractivity contribution in [3.05, 3.63) is 0 Å². The maximum Gasteiger partial charge on any atom is 0.250 e. The van der Waals surface area contributed by atoms with Crippen LogP contribution >= 0.6 is 0 Å². The molecule has 2 rings (SSSR count). The second-order valence-electron chi connectivity index (χ2n) is 3.31. The Bertz CT molecular complexity index is 287. The van der Waals surface area contributed by atoms with E-state index in [-0.39, 0.29) is 0 Å². The van der Waals surface area contributed by atoms with Crippen molar-refractivity contribution in [2.24, 2.45) is 0 Å². The molecule has 0 aromatic rings. The Morgan fingerprint density at radius 1 is 0.933 bits per heavy atom. The molecule has 15 heavy (non-hydrogen) atoms. The Hall–Kier alpha value is -1.18. The van der Waals surface area contributed by atoms with Crippen molar-refractivity contribution in [3.63, 3.8) is 0 Å². The molecule has 0 aromatic carbocycles. The van der Waals surface area contributed by atoms with Crippen molar-refractivity contribution >= 4 is 0 Å². The van der Waals surface area contributed by atoms with Gasteiger partial charge in [0.15, 0.2) is 5.79 Å². The molecule has 2 aliphatic heterocycles. The van der Waals surface area contributed by atoms with E-state index in [4.69, 9.17) is 29.5 Å². The van der Waals surface area contributed by atoms with Crippen molar-refractivity contribution in [2.45, 2.75) is 31.2 Å². The first kappa shape index (κ1) is 10.3. The molecule has 2 fully saturated rings. The van der Waals surface area contributed by atoms with Crippen molar-refractivity contribution in [2.75, 3.05) is 13.2 Å². The topological polar surface area (TPSA) is 84.5 Å². The van der Waals surface area contributed by atoms with Crippen molar-refractivity contribution in [1.82, 2.24) is 0 Å². The summed E-state index contributed by atoms with van der Waals surface area (Å²) in [6.45, 7) is 0.771. The van der Waals surface area contributed by atoms with Crippen LogP contribution in [-0.4, -0.2) is 31.6 Å². The normalized spacial score (nSPS) is 40.7. The Morgan fingerprint density at radius 3 is 1.80 bits per heavy atom. The summed E-state index contributed by atoms with van der Waals surface area (Å²) >= 11 is 0. The third-order valence-corrected chi connectivity index (χ3v) is 2.36. The summed E-state index contributed by atoms with van der Waals surface area (Å²) in [5.74, 6) is -0.892. The highest BCUT2D eigenvalue weighted by Gasteiger charge is 2.44. The second kappa shape index (κ2) is 4.13. The third kappa shape index (κ3) is 2.09. The molecule has 2 atom stereocenters. The zero-order valence-electron chi connectivity index (χ0n) is 8.01. The van der Waals surface area contributed by atoms with Crippen LogP contribution in [0.1, 0.15) is 12.8 Å². The molecule has 6 nitrogen and oxygen atoms in total. The highest BCUT2D eigenvalue weighted by atomic mass is 16.8. The van der Waals surface area contributed by atoms with Crippen LogP contribution < -0.4 is 0 Å². The summed E-state index contributed by atoms with van der Waals surface area (Å²) in [7, 11) is 0. The monoisotopic (exact) mass is 210 g/mol. The molecule has 0 aliphatic carbocycles. The quantitative estimate of drug-likeness (QED) is 0.570. The van der Waals surface area contributed by atoms with Crippen LogP contribution in [0.15, 0.2) is 0 Å². The first-order chi connectivity index (χ1) is 7.28. The standard InChI is InChI=1S/C9H10N2O4/c10-5-7-12-3-1-9(14-7)2-4-13-8(6-11)15-9/h7-8H,1-4H2. The highest BCUT2D eigenvalue weighted by Crippen LogP contribution is 2.33. The lowest BCUT2D eigenvalue weighted by molar-refractivity contribution is -0.387. The summed E-state index contributed by atoms with van der Waals surface area (Å²) < 4.78 is 20.8. The molecule has 1 spiro atoms. The molecule has 0 amide bonds. The molecular weight excluding hydrogens is 200 g/mol. The van der Waals surface area contributed by atoms with Crippen LogP contribution in [0.3, 0.4) is 0 Å². The number of rotatable bonds is 0. The van der Waals surface area contributed by atoms with E-state index in [9.17, 15) is 0 Å². The Labute approximate surface area is 86.9 Å². The number of hydrogen-bond acceptors (Lipinski definition) is 6. The van der Waals surface area contributed by atoms with E-state index in [2.05, 4.69) is 0 Å². The van der Waals surface area contributed by atoms with Crippen molar-refractivity contribution in [1.29, 1.82) is 10.5 Å². The number of hydrogen-bond donors (Lipinski definition) is 0. The maximum atomic E-state index is 8.68. The molecule has 0 radical (unpaired) electrons. The lowest BCUT2D eigenvalue weighted by Gasteiger charge is -2.42. The van der Waals surface area contributed by atoms with Crippen molar-refractivity contribution in [3.8, 4) is 12.1 Å². The molecule has 80 valence electrons. The summed E-state index contributed by atoms with van der Waals surface area (Å²) in [6, 6.07) is 3.72. The average Bonchev–Trinajstić information content (AvgIpc) is 2.29. The SMILES string of the molecule is N#CC1OCCC2(CCOC(C#N)O2)O1. The van der Waals surface area contributed by atoms with Gasteiger partial charge in [0.05, 0.1) is 13.2 Å². The number of ether oxygens (including phenoxy) is 4. The lowest BCUT2D eigenvalue weighted by atomic mass is 10.1. The molecule has 6 heteroatoms. The second-order valence-corrected chi connectivity index (χ2v) is 3.31. The van der Waals surface area contributed by atoms with Crippen LogP contribution in [0.5, 0.6) is 0 Å². The van der Waals surface area contributed by atoms with E-state index in [1.807, 2.05) is 12.1 Å². The third-order valence-electron chi connectivity index (χ3n) is 2.36. The zero-order valence-corrected chi connectivity index (χ0v) is 8.01. The Kier molecular flexibility index (Phi) is 2.85. The van der Waals surface area contributed by atoms with Crippen molar-refractivity contribution < 1.29 is 18.9 Å². The van der Waals surface area contributed by atoms with Gasteiger partial charge in [0, 0.05) is 12.8 Å².